The van der Waals surface area contributed by atoms with Gasteiger partial charge in [-0.2, -0.15) is 0 Å². The van der Waals surface area contributed by atoms with E-state index in [1.807, 2.05) is 30.3 Å². The third kappa shape index (κ3) is 2.56. The first-order valence-electron chi connectivity index (χ1n) is 7.09. The lowest BCUT2D eigenvalue weighted by atomic mass is 9.76. The van der Waals surface area contributed by atoms with E-state index in [0.717, 1.165) is 5.56 Å². The van der Waals surface area contributed by atoms with Crippen molar-refractivity contribution in [3.05, 3.63) is 99.1 Å². The van der Waals surface area contributed by atoms with Crippen molar-refractivity contribution in [2.45, 2.75) is 11.6 Å². The number of allylic oxidation sites excluding steroid dienone is 2. The van der Waals surface area contributed by atoms with Crippen LogP contribution in [-0.2, 0) is 5.54 Å². The van der Waals surface area contributed by atoms with Gasteiger partial charge in [0.05, 0.1) is 0 Å². The molecule has 4 nitrogen and oxygen atoms in total. The van der Waals surface area contributed by atoms with Gasteiger partial charge in [0.25, 0.3) is 5.54 Å². The van der Waals surface area contributed by atoms with Gasteiger partial charge in [-0.3, -0.25) is 10.1 Å². The Morgan fingerprint density at radius 3 is 2.35 bits per heavy atom. The summed E-state index contributed by atoms with van der Waals surface area (Å²) in [4.78, 5) is 11.4. The Morgan fingerprint density at radius 1 is 1.09 bits per heavy atom. The molecule has 0 heterocycles. The largest absolute Gasteiger partial charge is 0.380 e. The van der Waals surface area contributed by atoms with Crippen molar-refractivity contribution in [1.29, 1.82) is 0 Å². The molecule has 0 aromatic heterocycles. The summed E-state index contributed by atoms with van der Waals surface area (Å²) in [7, 11) is 0. The second-order valence-corrected chi connectivity index (χ2v) is 5.78. The van der Waals surface area contributed by atoms with Crippen LogP contribution in [0.25, 0.3) is 5.57 Å². The Balaban J connectivity index is 2.12. The fourth-order valence-electron chi connectivity index (χ4n) is 2.84. The second-order valence-electron chi connectivity index (χ2n) is 5.34. The molecule has 2 aromatic rings. The second kappa shape index (κ2) is 5.99. The Morgan fingerprint density at radius 2 is 1.74 bits per heavy atom. The fraction of sp³-hybridized carbons (Fsp3) is 0.111. The predicted octanol–water partition coefficient (Wildman–Crippen LogP) is 3.83. The molecule has 1 aliphatic rings. The quantitative estimate of drug-likeness (QED) is 0.688. The molecule has 5 heteroatoms. The molecule has 0 amide bonds. The lowest BCUT2D eigenvalue weighted by molar-refractivity contribution is -0.573. The van der Waals surface area contributed by atoms with Crippen LogP contribution in [-0.4, -0.2) is 16.1 Å². The van der Waals surface area contributed by atoms with Crippen LogP contribution < -0.4 is 0 Å². The van der Waals surface area contributed by atoms with Gasteiger partial charge in [-0.15, -0.1) is 0 Å². The minimum absolute atomic E-state index is 0.386. The van der Waals surface area contributed by atoms with Gasteiger partial charge >= 0.3 is 0 Å². The van der Waals surface area contributed by atoms with E-state index >= 15 is 0 Å². The van der Waals surface area contributed by atoms with Crippen LogP contribution in [0.2, 0.25) is 5.02 Å². The van der Waals surface area contributed by atoms with Crippen molar-refractivity contribution in [2.75, 3.05) is 0 Å². The molecule has 0 spiro atoms. The molecule has 116 valence electrons. The van der Waals surface area contributed by atoms with Crippen molar-refractivity contribution in [3.8, 4) is 0 Å². The number of nitrogens with zero attached hydrogens (tertiary/aromatic N) is 1. The Kier molecular flexibility index (Phi) is 4.03. The van der Waals surface area contributed by atoms with Crippen LogP contribution in [0, 0.1) is 10.1 Å². The van der Waals surface area contributed by atoms with Crippen molar-refractivity contribution < 1.29 is 10.0 Å². The van der Waals surface area contributed by atoms with E-state index in [1.54, 1.807) is 36.4 Å². The normalized spacial score (nSPS) is 23.4. The standard InChI is InChI=1S/C18H14ClNO3/c19-15-10-8-14(9-11-15)18(20(22)23)12-4-7-16(17(18)21)13-5-2-1-3-6-13/h1-12,17,21H. The smallest absolute Gasteiger partial charge is 0.295 e. The maximum absolute atomic E-state index is 11.9. The highest BCUT2D eigenvalue weighted by Crippen LogP contribution is 2.40. The van der Waals surface area contributed by atoms with Crippen molar-refractivity contribution in [1.82, 2.24) is 0 Å². The first kappa shape index (κ1) is 15.5. The average Bonchev–Trinajstić information content (AvgIpc) is 2.56. The van der Waals surface area contributed by atoms with Crippen molar-refractivity contribution >= 4 is 17.2 Å². The number of nitro groups is 1. The molecule has 1 aliphatic carbocycles. The van der Waals surface area contributed by atoms with Crippen LogP contribution in [0.5, 0.6) is 0 Å². The van der Waals surface area contributed by atoms with Gasteiger partial charge < -0.3 is 5.11 Å². The van der Waals surface area contributed by atoms with Gasteiger partial charge in [-0.25, -0.2) is 0 Å². The van der Waals surface area contributed by atoms with E-state index in [9.17, 15) is 15.2 Å². The molecular formula is C18H14ClNO3. The molecule has 0 saturated heterocycles. The summed E-state index contributed by atoms with van der Waals surface area (Å²) < 4.78 is 0. The molecule has 3 rings (SSSR count). The summed E-state index contributed by atoms with van der Waals surface area (Å²) in [6.45, 7) is 0. The zero-order valence-corrected chi connectivity index (χ0v) is 12.9. The third-order valence-electron chi connectivity index (χ3n) is 4.05. The zero-order chi connectivity index (χ0) is 16.4. The number of hydrogen-bond acceptors (Lipinski definition) is 3. The number of aliphatic hydroxyl groups is 1. The first-order valence-corrected chi connectivity index (χ1v) is 7.47. The maximum Gasteiger partial charge on any atom is 0.295 e. The Bertz CT molecular complexity index is 784. The molecule has 23 heavy (non-hydrogen) atoms. The van der Waals surface area contributed by atoms with Gasteiger partial charge in [0.2, 0.25) is 0 Å². The highest BCUT2D eigenvalue weighted by molar-refractivity contribution is 6.30. The number of aliphatic hydroxyl groups excluding tert-OH is 1. The molecule has 0 aliphatic heterocycles. The lowest BCUT2D eigenvalue weighted by Crippen LogP contribution is -2.46. The van der Waals surface area contributed by atoms with Crippen LogP contribution >= 0.6 is 11.6 Å². The van der Waals surface area contributed by atoms with Gasteiger partial charge in [-0.05, 0) is 41.5 Å². The first-order chi connectivity index (χ1) is 11.1. The Labute approximate surface area is 138 Å². The van der Waals surface area contributed by atoms with E-state index in [2.05, 4.69) is 0 Å². The van der Waals surface area contributed by atoms with E-state index in [-0.39, 0.29) is 0 Å². The van der Waals surface area contributed by atoms with E-state index in [4.69, 9.17) is 11.6 Å². The van der Waals surface area contributed by atoms with Crippen LogP contribution in [0.15, 0.2) is 72.8 Å². The van der Waals surface area contributed by atoms with Gasteiger partial charge in [0, 0.05) is 15.5 Å². The molecule has 1 N–H and O–H groups in total. The topological polar surface area (TPSA) is 63.4 Å². The van der Waals surface area contributed by atoms with Crippen molar-refractivity contribution in [3.63, 3.8) is 0 Å². The molecule has 2 atom stereocenters. The van der Waals surface area contributed by atoms with Crippen LogP contribution in [0.3, 0.4) is 0 Å². The summed E-state index contributed by atoms with van der Waals surface area (Å²) in [5.74, 6) is 0. The van der Waals surface area contributed by atoms with Crippen LogP contribution in [0.4, 0.5) is 0 Å². The van der Waals surface area contributed by atoms with Crippen molar-refractivity contribution in [2.24, 2.45) is 0 Å². The van der Waals surface area contributed by atoms with E-state index in [0.29, 0.717) is 16.2 Å². The summed E-state index contributed by atoms with van der Waals surface area (Å²) in [5, 5.41) is 23.2. The minimum atomic E-state index is -1.73. The number of halogens is 1. The number of rotatable bonds is 3. The molecule has 0 bridgehead atoms. The third-order valence-corrected chi connectivity index (χ3v) is 4.31. The molecule has 2 unspecified atom stereocenters. The SMILES string of the molecule is O=[N+]([O-])C1(c2ccc(Cl)cc2)C=CC=C(c2ccccc2)C1O. The summed E-state index contributed by atoms with van der Waals surface area (Å²) >= 11 is 5.87. The number of hydrogen-bond donors (Lipinski definition) is 1. The van der Waals surface area contributed by atoms with E-state index < -0.39 is 16.6 Å². The molecule has 2 aromatic carbocycles. The fourth-order valence-corrected chi connectivity index (χ4v) is 2.97. The highest BCUT2D eigenvalue weighted by Gasteiger charge is 2.52. The monoisotopic (exact) mass is 327 g/mol. The molecule has 0 fully saturated rings. The summed E-state index contributed by atoms with van der Waals surface area (Å²) in [5.41, 5.74) is -0.0775. The molecule has 0 radical (unpaired) electrons. The Hall–Kier alpha value is -2.43. The summed E-state index contributed by atoms with van der Waals surface area (Å²) in [6, 6.07) is 15.5. The van der Waals surface area contributed by atoms with Crippen LogP contribution in [0.1, 0.15) is 11.1 Å². The summed E-state index contributed by atoms with van der Waals surface area (Å²) in [6.07, 6.45) is 3.45. The molecule has 0 saturated carbocycles. The highest BCUT2D eigenvalue weighted by atomic mass is 35.5. The molecular weight excluding hydrogens is 314 g/mol. The lowest BCUT2D eigenvalue weighted by Gasteiger charge is -2.31. The maximum atomic E-state index is 11.9. The predicted molar refractivity (Wildman–Crippen MR) is 89.7 cm³/mol. The zero-order valence-electron chi connectivity index (χ0n) is 12.1. The minimum Gasteiger partial charge on any atom is -0.380 e. The van der Waals surface area contributed by atoms with Gasteiger partial charge in [0.15, 0.2) is 6.10 Å². The number of benzene rings is 2. The average molecular weight is 328 g/mol. The van der Waals surface area contributed by atoms with Gasteiger partial charge in [0.1, 0.15) is 0 Å². The van der Waals surface area contributed by atoms with E-state index in [1.165, 1.54) is 6.08 Å². The van der Waals surface area contributed by atoms with Gasteiger partial charge in [-0.1, -0.05) is 54.1 Å².